The Bertz CT molecular complexity index is 1480. The van der Waals surface area contributed by atoms with Crippen LogP contribution in [-0.2, 0) is 15.1 Å². The number of ether oxygens (including phenoxy) is 2. The molecule has 1 amide bonds. The van der Waals surface area contributed by atoms with Crippen LogP contribution in [0.3, 0.4) is 0 Å². The second-order valence-corrected chi connectivity index (χ2v) is 7.64. The summed E-state index contributed by atoms with van der Waals surface area (Å²) in [6.45, 7) is 0. The summed E-state index contributed by atoms with van der Waals surface area (Å²) < 4.78 is 16.2. The zero-order valence-electron chi connectivity index (χ0n) is 19.0. The van der Waals surface area contributed by atoms with E-state index in [9.17, 15) is 4.79 Å². The summed E-state index contributed by atoms with van der Waals surface area (Å²) in [4.78, 5) is 18.5. The zero-order chi connectivity index (χ0) is 24.3. The summed E-state index contributed by atoms with van der Waals surface area (Å²) in [7, 11) is 2.99. The summed E-state index contributed by atoms with van der Waals surface area (Å²) in [6, 6.07) is 21.6. The Morgan fingerprint density at radius 2 is 1.86 bits per heavy atom. The Kier molecular flexibility index (Phi) is 5.90. The molecule has 9 nitrogen and oxygen atoms in total. The average molecular weight is 467 g/mol. The standard InChI is InChI=1S/C26H21N5O4/c1-33-18-8-5-7-17(15-18)26(34-2,23-13-14-35-31-23)25(32)29-24-12-6-11-21(28-24)20-16-27-30-22-10-4-3-9-19(20)22/h3-16H,1-2H3,(H,28,29,32)/t26-/m0/s1. The molecule has 0 aliphatic rings. The largest absolute Gasteiger partial charge is 0.497 e. The van der Waals surface area contributed by atoms with Crippen molar-refractivity contribution in [1.82, 2.24) is 20.3 Å². The lowest BCUT2D eigenvalue weighted by Crippen LogP contribution is -2.43. The van der Waals surface area contributed by atoms with E-state index in [1.807, 2.05) is 36.4 Å². The Morgan fingerprint density at radius 1 is 1.00 bits per heavy atom. The van der Waals surface area contributed by atoms with Crippen molar-refractivity contribution in [2.45, 2.75) is 5.60 Å². The van der Waals surface area contributed by atoms with Crippen LogP contribution in [0.25, 0.3) is 22.2 Å². The third kappa shape index (κ3) is 3.98. The molecule has 5 rings (SSSR count). The second kappa shape index (κ2) is 9.32. The number of nitrogens with zero attached hydrogens (tertiary/aromatic N) is 4. The van der Waals surface area contributed by atoms with Gasteiger partial charge in [0.05, 0.1) is 24.5 Å². The lowest BCUT2D eigenvalue weighted by Gasteiger charge is -2.29. The summed E-state index contributed by atoms with van der Waals surface area (Å²) in [5.74, 6) is 0.406. The van der Waals surface area contributed by atoms with Gasteiger partial charge >= 0.3 is 0 Å². The zero-order valence-corrected chi connectivity index (χ0v) is 19.0. The highest BCUT2D eigenvalue weighted by Gasteiger charge is 2.45. The van der Waals surface area contributed by atoms with Gasteiger partial charge in [-0.2, -0.15) is 10.2 Å². The van der Waals surface area contributed by atoms with Gasteiger partial charge in [-0.05, 0) is 30.3 Å². The van der Waals surface area contributed by atoms with E-state index in [2.05, 4.69) is 25.7 Å². The quantitative estimate of drug-likeness (QED) is 0.379. The molecule has 0 unspecified atom stereocenters. The SMILES string of the molecule is COc1cccc([C@@](OC)(C(=O)Nc2cccc(-c3cnnc4ccccc34)n2)c2ccon2)c1. The van der Waals surface area contributed by atoms with Gasteiger partial charge in [-0.1, -0.05) is 41.6 Å². The molecular formula is C26H21N5O4. The van der Waals surface area contributed by atoms with Crippen molar-refractivity contribution in [3.63, 3.8) is 0 Å². The number of carbonyl (C=O) groups is 1. The number of amides is 1. The predicted octanol–water partition coefficient (Wildman–Crippen LogP) is 4.22. The van der Waals surface area contributed by atoms with Gasteiger partial charge in [0.1, 0.15) is 23.5 Å². The van der Waals surface area contributed by atoms with Crippen LogP contribution in [0.5, 0.6) is 5.75 Å². The minimum absolute atomic E-state index is 0.284. The molecule has 3 heterocycles. The number of hydrogen-bond donors (Lipinski definition) is 1. The minimum Gasteiger partial charge on any atom is -0.497 e. The molecule has 0 saturated heterocycles. The number of hydrogen-bond acceptors (Lipinski definition) is 8. The van der Waals surface area contributed by atoms with E-state index in [4.69, 9.17) is 14.0 Å². The van der Waals surface area contributed by atoms with Crippen LogP contribution in [0.15, 0.2) is 89.8 Å². The summed E-state index contributed by atoms with van der Waals surface area (Å²) in [6.07, 6.45) is 3.04. The van der Waals surface area contributed by atoms with Crippen molar-refractivity contribution < 1.29 is 18.8 Å². The van der Waals surface area contributed by atoms with Crippen LogP contribution in [0, 0.1) is 0 Å². The number of methoxy groups -OCH3 is 2. The van der Waals surface area contributed by atoms with Gasteiger partial charge in [0.2, 0.25) is 5.60 Å². The van der Waals surface area contributed by atoms with Gasteiger partial charge in [-0.15, -0.1) is 0 Å². The summed E-state index contributed by atoms with van der Waals surface area (Å²) in [5, 5.41) is 16.1. The fourth-order valence-electron chi connectivity index (χ4n) is 4.02. The van der Waals surface area contributed by atoms with Crippen LogP contribution in [-0.4, -0.2) is 40.5 Å². The van der Waals surface area contributed by atoms with E-state index in [0.717, 1.165) is 16.5 Å². The molecule has 2 aromatic carbocycles. The molecule has 3 aromatic heterocycles. The second-order valence-electron chi connectivity index (χ2n) is 7.64. The smallest absolute Gasteiger partial charge is 0.268 e. The normalized spacial score (nSPS) is 12.7. The lowest BCUT2D eigenvalue weighted by molar-refractivity contribution is -0.134. The van der Waals surface area contributed by atoms with Gasteiger partial charge in [0.15, 0.2) is 0 Å². The lowest BCUT2D eigenvalue weighted by atomic mass is 9.88. The first-order valence-corrected chi connectivity index (χ1v) is 10.8. The van der Waals surface area contributed by atoms with E-state index in [-0.39, 0.29) is 5.69 Å². The van der Waals surface area contributed by atoms with Crippen molar-refractivity contribution in [1.29, 1.82) is 0 Å². The molecule has 174 valence electrons. The highest BCUT2D eigenvalue weighted by molar-refractivity contribution is 6.00. The predicted molar refractivity (Wildman–Crippen MR) is 129 cm³/mol. The van der Waals surface area contributed by atoms with E-state index in [1.54, 1.807) is 49.7 Å². The number of nitrogens with one attached hydrogen (secondary N) is 1. The van der Waals surface area contributed by atoms with E-state index >= 15 is 0 Å². The summed E-state index contributed by atoms with van der Waals surface area (Å²) in [5.41, 5.74) is 1.39. The fraction of sp³-hybridized carbons (Fsp3) is 0.115. The summed E-state index contributed by atoms with van der Waals surface area (Å²) >= 11 is 0. The molecule has 9 heteroatoms. The number of anilines is 1. The number of carbonyl (C=O) groups excluding carboxylic acids is 1. The number of fused-ring (bicyclic) bond motifs is 1. The molecule has 35 heavy (non-hydrogen) atoms. The van der Waals surface area contributed by atoms with Gasteiger partial charge in [-0.25, -0.2) is 4.98 Å². The highest BCUT2D eigenvalue weighted by atomic mass is 16.5. The van der Waals surface area contributed by atoms with Gasteiger partial charge in [0.25, 0.3) is 5.91 Å². The molecule has 0 spiro atoms. The van der Waals surface area contributed by atoms with Crippen LogP contribution in [0.1, 0.15) is 11.3 Å². The molecular weight excluding hydrogens is 446 g/mol. The molecule has 1 N–H and O–H groups in total. The number of benzene rings is 2. The van der Waals surface area contributed by atoms with Crippen molar-refractivity contribution in [3.05, 3.63) is 96.5 Å². The Morgan fingerprint density at radius 3 is 2.66 bits per heavy atom. The van der Waals surface area contributed by atoms with Gasteiger partial charge < -0.3 is 19.3 Å². The maximum absolute atomic E-state index is 13.8. The molecule has 0 radical (unpaired) electrons. The first-order chi connectivity index (χ1) is 17.2. The fourth-order valence-corrected chi connectivity index (χ4v) is 4.02. The average Bonchev–Trinajstić information content (AvgIpc) is 3.45. The minimum atomic E-state index is -1.61. The molecule has 5 aromatic rings. The van der Waals surface area contributed by atoms with Gasteiger partial charge in [0, 0.05) is 29.7 Å². The third-order valence-corrected chi connectivity index (χ3v) is 5.71. The molecule has 0 fully saturated rings. The number of aromatic nitrogens is 4. The molecule has 0 aliphatic heterocycles. The molecule has 1 atom stereocenters. The first kappa shape index (κ1) is 22.2. The van der Waals surface area contributed by atoms with Crippen molar-refractivity contribution in [3.8, 4) is 17.0 Å². The van der Waals surface area contributed by atoms with Crippen molar-refractivity contribution in [2.24, 2.45) is 0 Å². The number of pyridine rings is 1. The van der Waals surface area contributed by atoms with E-state index in [1.165, 1.54) is 13.4 Å². The highest BCUT2D eigenvalue weighted by Crippen LogP contribution is 2.35. The van der Waals surface area contributed by atoms with Crippen LogP contribution >= 0.6 is 0 Å². The molecule has 0 aliphatic carbocycles. The van der Waals surface area contributed by atoms with Gasteiger partial charge in [-0.3, -0.25) is 4.79 Å². The van der Waals surface area contributed by atoms with E-state index in [0.29, 0.717) is 22.8 Å². The van der Waals surface area contributed by atoms with Crippen molar-refractivity contribution in [2.75, 3.05) is 19.5 Å². The van der Waals surface area contributed by atoms with Crippen LogP contribution in [0.4, 0.5) is 5.82 Å². The van der Waals surface area contributed by atoms with Crippen LogP contribution in [0.2, 0.25) is 0 Å². The maximum atomic E-state index is 13.8. The number of rotatable bonds is 7. The Hall–Kier alpha value is -4.63. The monoisotopic (exact) mass is 467 g/mol. The molecule has 0 bridgehead atoms. The third-order valence-electron chi connectivity index (χ3n) is 5.71. The van der Waals surface area contributed by atoms with Crippen molar-refractivity contribution >= 4 is 22.6 Å². The van der Waals surface area contributed by atoms with E-state index < -0.39 is 11.5 Å². The first-order valence-electron chi connectivity index (χ1n) is 10.8. The topological polar surface area (TPSA) is 112 Å². The molecule has 0 saturated carbocycles. The Labute approximate surface area is 200 Å². The maximum Gasteiger partial charge on any atom is 0.268 e. The Balaban J connectivity index is 1.55. The van der Waals surface area contributed by atoms with Crippen LogP contribution < -0.4 is 10.1 Å².